The van der Waals surface area contributed by atoms with Gasteiger partial charge in [-0.1, -0.05) is 6.07 Å². The third kappa shape index (κ3) is 6.13. The Morgan fingerprint density at radius 1 is 1.00 bits per heavy atom. The third-order valence-electron chi connectivity index (χ3n) is 2.74. The summed E-state index contributed by atoms with van der Waals surface area (Å²) >= 11 is 0. The predicted octanol–water partition coefficient (Wildman–Crippen LogP) is 1.11. The molecule has 0 bridgehead atoms. The van der Waals surface area contributed by atoms with Gasteiger partial charge in [0, 0.05) is 0 Å². The van der Waals surface area contributed by atoms with Crippen molar-refractivity contribution in [3.05, 3.63) is 23.8 Å². The number of primary amides is 1. The van der Waals surface area contributed by atoms with E-state index in [2.05, 4.69) is 9.47 Å². The van der Waals surface area contributed by atoms with Crippen molar-refractivity contribution in [2.24, 2.45) is 11.5 Å². The van der Waals surface area contributed by atoms with Crippen LogP contribution < -0.4 is 20.9 Å². The highest BCUT2D eigenvalue weighted by atomic mass is 16.7. The van der Waals surface area contributed by atoms with Gasteiger partial charge in [-0.05, 0) is 38.0 Å². The van der Waals surface area contributed by atoms with Gasteiger partial charge in [-0.2, -0.15) is 0 Å². The van der Waals surface area contributed by atoms with Crippen LogP contribution in [0.2, 0.25) is 0 Å². The normalized spacial score (nSPS) is 11.3. The van der Waals surface area contributed by atoms with E-state index in [-0.39, 0.29) is 31.1 Å². The topological polar surface area (TPSA) is 140 Å². The van der Waals surface area contributed by atoms with Crippen molar-refractivity contribution in [1.29, 1.82) is 0 Å². The summed E-state index contributed by atoms with van der Waals surface area (Å²) < 4.78 is 19.3. The molecule has 0 heterocycles. The van der Waals surface area contributed by atoms with Crippen LogP contribution in [-0.4, -0.2) is 37.5 Å². The Morgan fingerprint density at radius 2 is 1.54 bits per heavy atom. The first-order valence-corrected chi connectivity index (χ1v) is 7.24. The van der Waals surface area contributed by atoms with E-state index in [1.54, 1.807) is 19.9 Å². The van der Waals surface area contributed by atoms with E-state index in [1.807, 2.05) is 0 Å². The Morgan fingerprint density at radius 3 is 2.04 bits per heavy atom. The van der Waals surface area contributed by atoms with E-state index in [0.29, 0.717) is 5.56 Å². The highest BCUT2D eigenvalue weighted by Crippen LogP contribution is 2.29. The van der Waals surface area contributed by atoms with Crippen molar-refractivity contribution in [2.45, 2.75) is 26.3 Å². The molecule has 1 amide bonds. The average molecular weight is 340 g/mol. The molecule has 0 aliphatic heterocycles. The summed E-state index contributed by atoms with van der Waals surface area (Å²) in [6.45, 7) is 3.46. The van der Waals surface area contributed by atoms with Crippen LogP contribution in [0.3, 0.4) is 0 Å². The van der Waals surface area contributed by atoms with Crippen molar-refractivity contribution >= 4 is 18.2 Å². The molecule has 0 aromatic heterocycles. The van der Waals surface area contributed by atoms with Crippen LogP contribution in [0.1, 0.15) is 19.4 Å². The van der Waals surface area contributed by atoms with Crippen molar-refractivity contribution < 1.29 is 33.3 Å². The zero-order chi connectivity index (χ0) is 18.1. The molecule has 1 aromatic rings. The van der Waals surface area contributed by atoms with E-state index in [0.717, 1.165) is 0 Å². The van der Waals surface area contributed by atoms with Gasteiger partial charge in [-0.25, -0.2) is 9.59 Å². The minimum Gasteiger partial charge on any atom is -0.434 e. The smallest absolute Gasteiger partial charge is 0.434 e. The fraction of sp³-hybridized carbons (Fsp3) is 0.400. The molecule has 132 valence electrons. The van der Waals surface area contributed by atoms with E-state index in [4.69, 9.17) is 20.9 Å². The second-order valence-corrected chi connectivity index (χ2v) is 4.56. The van der Waals surface area contributed by atoms with Gasteiger partial charge in [0.2, 0.25) is 5.91 Å². The van der Waals surface area contributed by atoms with Gasteiger partial charge in [0.05, 0.1) is 19.3 Å². The summed E-state index contributed by atoms with van der Waals surface area (Å²) in [5, 5.41) is 0. The molecule has 1 rings (SSSR count). The van der Waals surface area contributed by atoms with Crippen molar-refractivity contribution in [2.75, 3.05) is 13.2 Å². The first-order valence-electron chi connectivity index (χ1n) is 7.24. The quantitative estimate of drug-likeness (QED) is 0.555. The Kier molecular flexibility index (Phi) is 7.50. The Balaban J connectivity index is 3.02. The summed E-state index contributed by atoms with van der Waals surface area (Å²) in [5.74, 6) is -0.789. The summed E-state index contributed by atoms with van der Waals surface area (Å²) in [6.07, 6.45) is -1.80. The van der Waals surface area contributed by atoms with Crippen LogP contribution in [0, 0.1) is 0 Å². The van der Waals surface area contributed by atoms with E-state index < -0.39 is 24.3 Å². The molecule has 1 atom stereocenters. The van der Waals surface area contributed by atoms with Crippen molar-refractivity contribution in [3.63, 3.8) is 0 Å². The summed E-state index contributed by atoms with van der Waals surface area (Å²) in [6, 6.07) is 3.43. The minimum absolute atomic E-state index is 0.0436. The Hall–Kier alpha value is -2.81. The number of carbonyl (C=O) groups is 3. The predicted molar refractivity (Wildman–Crippen MR) is 82.6 cm³/mol. The lowest BCUT2D eigenvalue weighted by Gasteiger charge is -2.13. The molecule has 0 saturated carbocycles. The molecular weight excluding hydrogens is 320 g/mol. The number of rotatable bonds is 7. The van der Waals surface area contributed by atoms with Crippen molar-refractivity contribution in [1.82, 2.24) is 0 Å². The zero-order valence-electron chi connectivity index (χ0n) is 13.4. The van der Waals surface area contributed by atoms with Crippen LogP contribution in [0.4, 0.5) is 9.59 Å². The highest BCUT2D eigenvalue weighted by molar-refractivity contribution is 5.80. The number of carbonyl (C=O) groups excluding carboxylic acids is 3. The average Bonchev–Trinajstić information content (AvgIpc) is 2.50. The van der Waals surface area contributed by atoms with Crippen LogP contribution in [0.5, 0.6) is 11.5 Å². The molecule has 0 saturated heterocycles. The molecule has 0 unspecified atom stereocenters. The summed E-state index contributed by atoms with van der Waals surface area (Å²) in [4.78, 5) is 34.0. The van der Waals surface area contributed by atoms with Gasteiger partial charge in [0.25, 0.3) is 0 Å². The van der Waals surface area contributed by atoms with Gasteiger partial charge in [0.15, 0.2) is 11.5 Å². The molecule has 1 aromatic carbocycles. The number of ether oxygens (including phenoxy) is 4. The zero-order valence-corrected chi connectivity index (χ0v) is 13.4. The summed E-state index contributed by atoms with van der Waals surface area (Å²) in [7, 11) is 0. The Labute approximate surface area is 138 Å². The van der Waals surface area contributed by atoms with E-state index in [1.165, 1.54) is 12.1 Å². The maximum absolute atomic E-state index is 11.5. The second-order valence-electron chi connectivity index (χ2n) is 4.56. The van der Waals surface area contributed by atoms with Crippen molar-refractivity contribution in [3.8, 4) is 11.5 Å². The molecule has 0 aliphatic carbocycles. The van der Waals surface area contributed by atoms with Crippen LogP contribution >= 0.6 is 0 Å². The highest BCUT2D eigenvalue weighted by Gasteiger charge is 2.18. The van der Waals surface area contributed by atoms with Gasteiger partial charge in [-0.3, -0.25) is 4.79 Å². The third-order valence-corrected chi connectivity index (χ3v) is 2.74. The first kappa shape index (κ1) is 19.2. The lowest BCUT2D eigenvalue weighted by Crippen LogP contribution is -2.38. The maximum atomic E-state index is 11.5. The van der Waals surface area contributed by atoms with Crippen LogP contribution in [-0.2, 0) is 20.7 Å². The fourth-order valence-corrected chi connectivity index (χ4v) is 1.67. The van der Waals surface area contributed by atoms with Gasteiger partial charge in [0.1, 0.15) is 0 Å². The number of hydrogen-bond donors (Lipinski definition) is 2. The molecule has 0 fully saturated rings. The van der Waals surface area contributed by atoms with E-state index >= 15 is 0 Å². The molecular formula is C15H20N2O7. The second kappa shape index (κ2) is 9.36. The molecule has 24 heavy (non-hydrogen) atoms. The maximum Gasteiger partial charge on any atom is 0.513 e. The molecule has 0 aliphatic rings. The number of amides is 1. The monoisotopic (exact) mass is 340 g/mol. The van der Waals surface area contributed by atoms with Gasteiger partial charge < -0.3 is 30.4 Å². The standard InChI is InChI=1S/C15H20N2O7/c1-3-21-14(19)23-11-6-5-9(7-10(16)13(17)18)8-12(11)24-15(20)22-4-2/h5-6,8,10H,3-4,7,16H2,1-2H3,(H2,17,18)/t10-/m0/s1. The van der Waals surface area contributed by atoms with Crippen LogP contribution in [0.15, 0.2) is 18.2 Å². The molecule has 0 spiro atoms. The fourth-order valence-electron chi connectivity index (χ4n) is 1.67. The first-order chi connectivity index (χ1) is 11.4. The molecule has 9 heteroatoms. The largest absolute Gasteiger partial charge is 0.513 e. The lowest BCUT2D eigenvalue weighted by atomic mass is 10.1. The summed E-state index contributed by atoms with van der Waals surface area (Å²) in [5.41, 5.74) is 11.3. The number of hydrogen-bond acceptors (Lipinski definition) is 8. The molecule has 0 radical (unpaired) electrons. The molecule has 4 N–H and O–H groups in total. The van der Waals surface area contributed by atoms with E-state index in [9.17, 15) is 14.4 Å². The minimum atomic E-state index is -0.970. The SMILES string of the molecule is CCOC(=O)Oc1ccc(C[C@H](N)C(N)=O)cc1OC(=O)OCC. The lowest BCUT2D eigenvalue weighted by molar-refractivity contribution is -0.119. The van der Waals surface area contributed by atoms with Crippen LogP contribution in [0.25, 0.3) is 0 Å². The Bertz CT molecular complexity index is 603. The number of nitrogens with two attached hydrogens (primary N) is 2. The van der Waals surface area contributed by atoms with Gasteiger partial charge >= 0.3 is 12.3 Å². The number of benzene rings is 1. The van der Waals surface area contributed by atoms with Gasteiger partial charge in [-0.15, -0.1) is 0 Å². The molecule has 9 nitrogen and oxygen atoms in total.